The largest absolute Gasteiger partial charge is 0.314 e. The standard InChI is InChI=1S/C18H27ClFN/c1-4-21-18-9-8-13(12(2)3)10-14(18)11-15-16(19)6-5-7-17(15)20/h5-7,12-14,18,21H,4,8-11H2,1-3H3. The monoisotopic (exact) mass is 311 g/mol. The highest BCUT2D eigenvalue weighted by molar-refractivity contribution is 6.31. The molecule has 1 aromatic rings. The SMILES string of the molecule is CCNC1CCC(C(C)C)CC1Cc1c(F)cccc1Cl. The van der Waals surface area contributed by atoms with Gasteiger partial charge >= 0.3 is 0 Å². The molecule has 118 valence electrons. The summed E-state index contributed by atoms with van der Waals surface area (Å²) in [7, 11) is 0. The Labute approximate surface area is 133 Å². The van der Waals surface area contributed by atoms with Crippen LogP contribution >= 0.6 is 11.6 Å². The molecule has 0 saturated heterocycles. The molecule has 0 radical (unpaired) electrons. The van der Waals surface area contributed by atoms with Gasteiger partial charge < -0.3 is 5.32 Å². The zero-order valence-corrected chi connectivity index (χ0v) is 14.1. The van der Waals surface area contributed by atoms with Crippen molar-refractivity contribution in [2.75, 3.05) is 6.54 Å². The summed E-state index contributed by atoms with van der Waals surface area (Å²) in [5.74, 6) is 1.76. The van der Waals surface area contributed by atoms with Crippen molar-refractivity contribution >= 4 is 11.6 Å². The van der Waals surface area contributed by atoms with Crippen molar-refractivity contribution in [2.24, 2.45) is 17.8 Å². The summed E-state index contributed by atoms with van der Waals surface area (Å²) in [6.45, 7) is 7.71. The Kier molecular flexibility index (Phi) is 6.07. The number of benzene rings is 1. The van der Waals surface area contributed by atoms with Crippen LogP contribution in [0.25, 0.3) is 0 Å². The predicted molar refractivity (Wildman–Crippen MR) is 88.2 cm³/mol. The van der Waals surface area contributed by atoms with Crippen molar-refractivity contribution < 1.29 is 4.39 Å². The summed E-state index contributed by atoms with van der Waals surface area (Å²) >= 11 is 6.21. The Morgan fingerprint density at radius 3 is 2.71 bits per heavy atom. The van der Waals surface area contributed by atoms with Crippen LogP contribution in [0.2, 0.25) is 5.02 Å². The van der Waals surface area contributed by atoms with Gasteiger partial charge in [0.05, 0.1) is 0 Å². The molecule has 1 fully saturated rings. The molecule has 1 saturated carbocycles. The van der Waals surface area contributed by atoms with Gasteiger partial charge in [-0.3, -0.25) is 0 Å². The van der Waals surface area contributed by atoms with Crippen molar-refractivity contribution in [1.82, 2.24) is 5.32 Å². The summed E-state index contributed by atoms with van der Waals surface area (Å²) in [5, 5.41) is 4.15. The topological polar surface area (TPSA) is 12.0 Å². The van der Waals surface area contributed by atoms with E-state index in [0.717, 1.165) is 18.9 Å². The van der Waals surface area contributed by atoms with Crippen molar-refractivity contribution in [3.05, 3.63) is 34.6 Å². The van der Waals surface area contributed by atoms with Gasteiger partial charge in [-0.2, -0.15) is 0 Å². The molecule has 3 unspecified atom stereocenters. The van der Waals surface area contributed by atoms with Crippen molar-refractivity contribution in [3.8, 4) is 0 Å². The van der Waals surface area contributed by atoms with Crippen LogP contribution < -0.4 is 5.32 Å². The van der Waals surface area contributed by atoms with Gasteiger partial charge in [0, 0.05) is 16.6 Å². The summed E-state index contributed by atoms with van der Waals surface area (Å²) in [6.07, 6.45) is 4.37. The van der Waals surface area contributed by atoms with E-state index in [1.165, 1.54) is 25.3 Å². The summed E-state index contributed by atoms with van der Waals surface area (Å²) < 4.78 is 14.1. The normalized spacial score (nSPS) is 26.3. The lowest BCUT2D eigenvalue weighted by Crippen LogP contribution is -2.42. The fraction of sp³-hybridized carbons (Fsp3) is 0.667. The summed E-state index contributed by atoms with van der Waals surface area (Å²) in [6, 6.07) is 5.48. The van der Waals surface area contributed by atoms with Gasteiger partial charge in [0.15, 0.2) is 0 Å². The first-order valence-electron chi connectivity index (χ1n) is 8.19. The fourth-order valence-corrected chi connectivity index (χ4v) is 3.89. The molecule has 0 aromatic heterocycles. The minimum atomic E-state index is -0.163. The Balaban J connectivity index is 2.16. The van der Waals surface area contributed by atoms with Crippen LogP contribution in [-0.4, -0.2) is 12.6 Å². The van der Waals surface area contributed by atoms with E-state index in [0.29, 0.717) is 28.5 Å². The van der Waals surface area contributed by atoms with Gasteiger partial charge in [-0.1, -0.05) is 38.4 Å². The second kappa shape index (κ2) is 7.60. The van der Waals surface area contributed by atoms with E-state index in [2.05, 4.69) is 26.1 Å². The number of hydrogen-bond acceptors (Lipinski definition) is 1. The Hall–Kier alpha value is -0.600. The molecule has 1 nitrogen and oxygen atoms in total. The number of nitrogens with one attached hydrogen (secondary N) is 1. The van der Waals surface area contributed by atoms with Gasteiger partial charge in [0.25, 0.3) is 0 Å². The first-order chi connectivity index (χ1) is 10.0. The summed E-state index contributed by atoms with van der Waals surface area (Å²) in [4.78, 5) is 0. The van der Waals surface area contributed by atoms with Crippen molar-refractivity contribution in [1.29, 1.82) is 0 Å². The van der Waals surface area contributed by atoms with Crippen LogP contribution in [0.4, 0.5) is 4.39 Å². The van der Waals surface area contributed by atoms with E-state index in [1.807, 2.05) is 0 Å². The molecule has 0 amide bonds. The lowest BCUT2D eigenvalue weighted by atomic mass is 9.71. The third kappa shape index (κ3) is 4.20. The van der Waals surface area contributed by atoms with Crippen LogP contribution in [0.15, 0.2) is 18.2 Å². The summed E-state index contributed by atoms with van der Waals surface area (Å²) in [5.41, 5.74) is 0.691. The lowest BCUT2D eigenvalue weighted by Gasteiger charge is -2.38. The first kappa shape index (κ1) is 16.8. The van der Waals surface area contributed by atoms with Gasteiger partial charge in [-0.15, -0.1) is 0 Å². The maximum absolute atomic E-state index is 14.1. The quantitative estimate of drug-likeness (QED) is 0.800. The van der Waals surface area contributed by atoms with Crippen LogP contribution in [0.5, 0.6) is 0 Å². The second-order valence-electron chi connectivity index (χ2n) is 6.65. The molecule has 1 aromatic carbocycles. The molecule has 0 aliphatic heterocycles. The third-order valence-electron chi connectivity index (χ3n) is 4.96. The maximum atomic E-state index is 14.1. The Morgan fingerprint density at radius 1 is 1.33 bits per heavy atom. The average molecular weight is 312 g/mol. The smallest absolute Gasteiger partial charge is 0.127 e. The van der Waals surface area contributed by atoms with Gasteiger partial charge in [0.1, 0.15) is 5.82 Å². The third-order valence-corrected chi connectivity index (χ3v) is 5.31. The molecule has 1 N–H and O–H groups in total. The molecule has 1 aliphatic carbocycles. The number of halogens is 2. The van der Waals surface area contributed by atoms with E-state index < -0.39 is 0 Å². The second-order valence-corrected chi connectivity index (χ2v) is 7.05. The van der Waals surface area contributed by atoms with Gasteiger partial charge in [-0.25, -0.2) is 4.39 Å². The van der Waals surface area contributed by atoms with E-state index >= 15 is 0 Å². The molecular weight excluding hydrogens is 285 g/mol. The molecule has 3 heteroatoms. The van der Waals surface area contributed by atoms with E-state index in [4.69, 9.17) is 11.6 Å². The number of hydrogen-bond donors (Lipinski definition) is 1. The van der Waals surface area contributed by atoms with Crippen LogP contribution in [0.1, 0.15) is 45.6 Å². The minimum Gasteiger partial charge on any atom is -0.314 e. The molecule has 0 bridgehead atoms. The molecule has 0 spiro atoms. The average Bonchev–Trinajstić information content (AvgIpc) is 2.44. The zero-order chi connectivity index (χ0) is 15.4. The molecular formula is C18H27ClFN. The van der Waals surface area contributed by atoms with Crippen LogP contribution in [0.3, 0.4) is 0 Å². The van der Waals surface area contributed by atoms with Gasteiger partial charge in [0.2, 0.25) is 0 Å². The van der Waals surface area contributed by atoms with E-state index in [9.17, 15) is 4.39 Å². The van der Waals surface area contributed by atoms with Crippen molar-refractivity contribution in [2.45, 2.75) is 52.5 Å². The maximum Gasteiger partial charge on any atom is 0.127 e. The highest BCUT2D eigenvalue weighted by atomic mass is 35.5. The molecule has 3 atom stereocenters. The number of rotatable bonds is 5. The Morgan fingerprint density at radius 2 is 2.10 bits per heavy atom. The van der Waals surface area contributed by atoms with E-state index in [1.54, 1.807) is 12.1 Å². The molecule has 1 aliphatic rings. The Bertz CT molecular complexity index is 440. The fourth-order valence-electron chi connectivity index (χ4n) is 3.65. The van der Waals surface area contributed by atoms with E-state index in [-0.39, 0.29) is 5.82 Å². The molecule has 21 heavy (non-hydrogen) atoms. The van der Waals surface area contributed by atoms with Crippen LogP contribution in [-0.2, 0) is 6.42 Å². The van der Waals surface area contributed by atoms with Crippen LogP contribution in [0, 0.1) is 23.6 Å². The predicted octanol–water partition coefficient (Wildman–Crippen LogP) is 5.07. The lowest BCUT2D eigenvalue weighted by molar-refractivity contribution is 0.168. The minimum absolute atomic E-state index is 0.163. The van der Waals surface area contributed by atoms with Crippen molar-refractivity contribution in [3.63, 3.8) is 0 Å². The zero-order valence-electron chi connectivity index (χ0n) is 13.3. The highest BCUT2D eigenvalue weighted by Crippen LogP contribution is 2.37. The van der Waals surface area contributed by atoms with Gasteiger partial charge in [-0.05, 0) is 62.1 Å². The molecule has 0 heterocycles. The highest BCUT2D eigenvalue weighted by Gasteiger charge is 2.32. The molecule has 2 rings (SSSR count). The first-order valence-corrected chi connectivity index (χ1v) is 8.57.